The lowest BCUT2D eigenvalue weighted by Crippen LogP contribution is -2.36. The van der Waals surface area contributed by atoms with E-state index in [0.717, 1.165) is 5.56 Å². The second-order valence-electron chi connectivity index (χ2n) is 5.23. The van der Waals surface area contributed by atoms with Crippen molar-refractivity contribution in [2.45, 2.75) is 20.0 Å². The van der Waals surface area contributed by atoms with Gasteiger partial charge in [-0.1, -0.05) is 30.3 Å². The molecule has 1 aliphatic rings. The molecule has 22 heavy (non-hydrogen) atoms. The normalized spacial score (nSPS) is 17.4. The van der Waals surface area contributed by atoms with Gasteiger partial charge in [0.05, 0.1) is 12.5 Å². The molecule has 2 amide bonds. The second-order valence-corrected chi connectivity index (χ2v) is 5.23. The van der Waals surface area contributed by atoms with Crippen molar-refractivity contribution in [3.05, 3.63) is 35.9 Å². The molecule has 1 heterocycles. The average Bonchev–Trinajstić information content (AvgIpc) is 3.03. The van der Waals surface area contributed by atoms with Gasteiger partial charge in [-0.3, -0.25) is 9.63 Å². The Morgan fingerprint density at radius 2 is 2.05 bits per heavy atom. The molecule has 0 radical (unpaired) electrons. The van der Waals surface area contributed by atoms with Gasteiger partial charge in [-0.25, -0.2) is 9.86 Å². The maximum absolute atomic E-state index is 12.1. The minimum absolute atomic E-state index is 0.0970. The van der Waals surface area contributed by atoms with Gasteiger partial charge in [0.2, 0.25) is 0 Å². The summed E-state index contributed by atoms with van der Waals surface area (Å²) in [5.41, 5.74) is 0.943. The van der Waals surface area contributed by atoms with Crippen LogP contribution in [0, 0.1) is 5.92 Å². The third kappa shape index (κ3) is 4.21. The van der Waals surface area contributed by atoms with Crippen LogP contribution in [-0.4, -0.2) is 48.7 Å². The third-order valence-corrected chi connectivity index (χ3v) is 3.63. The molecular weight excluding hydrogens is 284 g/mol. The molecule has 1 aromatic rings. The van der Waals surface area contributed by atoms with E-state index in [1.54, 1.807) is 11.9 Å². The first-order valence-corrected chi connectivity index (χ1v) is 7.48. The Labute approximate surface area is 130 Å². The monoisotopic (exact) mass is 306 g/mol. The fourth-order valence-electron chi connectivity index (χ4n) is 2.45. The van der Waals surface area contributed by atoms with Crippen molar-refractivity contribution >= 4 is 12.0 Å². The summed E-state index contributed by atoms with van der Waals surface area (Å²) in [5.74, 6) is -0.318. The molecule has 0 bridgehead atoms. The highest BCUT2D eigenvalue weighted by atomic mass is 16.7. The van der Waals surface area contributed by atoms with Gasteiger partial charge in [-0.2, -0.15) is 0 Å². The quantitative estimate of drug-likeness (QED) is 0.781. The third-order valence-electron chi connectivity index (χ3n) is 3.63. The van der Waals surface area contributed by atoms with E-state index in [2.05, 4.69) is 0 Å². The van der Waals surface area contributed by atoms with Gasteiger partial charge in [0.25, 0.3) is 5.91 Å². The van der Waals surface area contributed by atoms with Crippen molar-refractivity contribution in [2.24, 2.45) is 5.92 Å². The molecule has 1 aromatic carbocycles. The molecule has 0 spiro atoms. The fourth-order valence-corrected chi connectivity index (χ4v) is 2.45. The number of hydrogen-bond donors (Lipinski definition) is 0. The topological polar surface area (TPSA) is 59.1 Å². The predicted molar refractivity (Wildman–Crippen MR) is 80.7 cm³/mol. The zero-order valence-corrected chi connectivity index (χ0v) is 13.0. The van der Waals surface area contributed by atoms with Crippen LogP contribution in [0.2, 0.25) is 0 Å². The summed E-state index contributed by atoms with van der Waals surface area (Å²) in [6.45, 7) is 3.42. The zero-order chi connectivity index (χ0) is 15.9. The largest absolute Gasteiger partial charge is 0.445 e. The molecule has 1 fully saturated rings. The maximum Gasteiger partial charge on any atom is 0.410 e. The molecule has 6 heteroatoms. The number of likely N-dealkylation sites (tertiary alicyclic amines) is 1. The maximum atomic E-state index is 12.1. The summed E-state index contributed by atoms with van der Waals surface area (Å²) in [6.07, 6.45) is 0.259. The molecule has 120 valence electrons. The molecule has 0 N–H and O–H groups in total. The molecule has 0 aliphatic carbocycles. The highest BCUT2D eigenvalue weighted by molar-refractivity contribution is 5.79. The van der Waals surface area contributed by atoms with Crippen molar-refractivity contribution in [3.63, 3.8) is 0 Å². The van der Waals surface area contributed by atoms with E-state index < -0.39 is 0 Å². The molecular formula is C16H22N2O4. The Morgan fingerprint density at radius 1 is 1.32 bits per heavy atom. The molecule has 1 atom stereocenters. The minimum Gasteiger partial charge on any atom is -0.445 e. The summed E-state index contributed by atoms with van der Waals surface area (Å²) < 4.78 is 5.28. The SMILES string of the molecule is CCON(C)C(=O)C1CCN(C(=O)OCc2ccccc2)C1. The van der Waals surface area contributed by atoms with Gasteiger partial charge >= 0.3 is 6.09 Å². The zero-order valence-electron chi connectivity index (χ0n) is 13.0. The summed E-state index contributed by atoms with van der Waals surface area (Å²) in [7, 11) is 1.60. The van der Waals surface area contributed by atoms with E-state index in [4.69, 9.17) is 9.57 Å². The predicted octanol–water partition coefficient (Wildman–Crippen LogP) is 2.05. The number of hydroxylamine groups is 2. The van der Waals surface area contributed by atoms with Gasteiger partial charge < -0.3 is 9.64 Å². The van der Waals surface area contributed by atoms with E-state index in [1.165, 1.54) is 5.06 Å². The van der Waals surface area contributed by atoms with Gasteiger partial charge in [0, 0.05) is 20.1 Å². The number of ether oxygens (including phenoxy) is 1. The van der Waals surface area contributed by atoms with E-state index >= 15 is 0 Å². The van der Waals surface area contributed by atoms with Crippen LogP contribution in [0.5, 0.6) is 0 Å². The van der Waals surface area contributed by atoms with Gasteiger partial charge in [-0.15, -0.1) is 0 Å². The fraction of sp³-hybridized carbons (Fsp3) is 0.500. The number of rotatable bonds is 5. The summed E-state index contributed by atoms with van der Waals surface area (Å²) in [6, 6.07) is 9.52. The second kappa shape index (κ2) is 7.79. The standard InChI is InChI=1S/C16H22N2O4/c1-3-22-17(2)15(19)14-9-10-18(11-14)16(20)21-12-13-7-5-4-6-8-13/h4-8,14H,3,9-12H2,1-2H3. The molecule has 2 rings (SSSR count). The number of hydrogen-bond acceptors (Lipinski definition) is 4. The number of carbonyl (C=O) groups excluding carboxylic acids is 2. The summed E-state index contributed by atoms with van der Waals surface area (Å²) >= 11 is 0. The number of nitrogens with zero attached hydrogens (tertiary/aromatic N) is 2. The highest BCUT2D eigenvalue weighted by Crippen LogP contribution is 2.19. The van der Waals surface area contributed by atoms with Crippen molar-refractivity contribution < 1.29 is 19.2 Å². The van der Waals surface area contributed by atoms with Gasteiger partial charge in [0.15, 0.2) is 0 Å². The van der Waals surface area contributed by atoms with Crippen molar-refractivity contribution in [1.29, 1.82) is 0 Å². The first kappa shape index (κ1) is 16.3. The minimum atomic E-state index is -0.377. The Balaban J connectivity index is 1.79. The molecule has 1 unspecified atom stereocenters. The average molecular weight is 306 g/mol. The smallest absolute Gasteiger partial charge is 0.410 e. The lowest BCUT2D eigenvalue weighted by atomic mass is 10.1. The first-order valence-electron chi connectivity index (χ1n) is 7.48. The lowest BCUT2D eigenvalue weighted by molar-refractivity contribution is -0.180. The molecule has 1 aliphatic heterocycles. The van der Waals surface area contributed by atoms with Crippen LogP contribution in [0.4, 0.5) is 4.79 Å². The summed E-state index contributed by atoms with van der Waals surface area (Å²) in [5, 5.41) is 1.25. The van der Waals surface area contributed by atoms with Crippen LogP contribution in [0.15, 0.2) is 30.3 Å². The van der Waals surface area contributed by atoms with Crippen LogP contribution in [-0.2, 0) is 21.0 Å². The Bertz CT molecular complexity index is 506. The van der Waals surface area contributed by atoms with Crippen LogP contribution in [0.3, 0.4) is 0 Å². The van der Waals surface area contributed by atoms with E-state index in [9.17, 15) is 9.59 Å². The van der Waals surface area contributed by atoms with Crippen LogP contribution >= 0.6 is 0 Å². The van der Waals surface area contributed by atoms with Crippen LogP contribution < -0.4 is 0 Å². The Kier molecular flexibility index (Phi) is 5.77. The van der Waals surface area contributed by atoms with Crippen molar-refractivity contribution in [2.75, 3.05) is 26.7 Å². The van der Waals surface area contributed by atoms with E-state index in [0.29, 0.717) is 26.1 Å². The van der Waals surface area contributed by atoms with Crippen LogP contribution in [0.1, 0.15) is 18.9 Å². The Morgan fingerprint density at radius 3 is 2.73 bits per heavy atom. The van der Waals surface area contributed by atoms with Gasteiger partial charge in [0.1, 0.15) is 6.61 Å². The first-order chi connectivity index (χ1) is 10.6. The van der Waals surface area contributed by atoms with E-state index in [1.807, 2.05) is 37.3 Å². The summed E-state index contributed by atoms with van der Waals surface area (Å²) in [4.78, 5) is 30.9. The van der Waals surface area contributed by atoms with Crippen molar-refractivity contribution in [3.8, 4) is 0 Å². The molecule has 1 saturated heterocycles. The molecule has 0 aromatic heterocycles. The number of carbonyl (C=O) groups is 2. The van der Waals surface area contributed by atoms with Crippen molar-refractivity contribution in [1.82, 2.24) is 9.96 Å². The lowest BCUT2D eigenvalue weighted by Gasteiger charge is -2.20. The highest BCUT2D eigenvalue weighted by Gasteiger charge is 2.33. The molecule has 6 nitrogen and oxygen atoms in total. The Hall–Kier alpha value is -2.08. The van der Waals surface area contributed by atoms with Gasteiger partial charge in [-0.05, 0) is 18.9 Å². The molecule has 0 saturated carbocycles. The van der Waals surface area contributed by atoms with E-state index in [-0.39, 0.29) is 24.5 Å². The van der Waals surface area contributed by atoms with Crippen LogP contribution in [0.25, 0.3) is 0 Å². The number of amides is 2. The number of benzene rings is 1.